The molecule has 0 spiro atoms. The van der Waals surface area contributed by atoms with E-state index in [0.717, 1.165) is 0 Å². The topological polar surface area (TPSA) is 66.6 Å². The van der Waals surface area contributed by atoms with Gasteiger partial charge in [0.15, 0.2) is 0 Å². The molecule has 1 aromatic heterocycles. The fourth-order valence-corrected chi connectivity index (χ4v) is 3.21. The molecule has 21 heavy (non-hydrogen) atoms. The average molecular weight is 305 g/mol. The largest absolute Gasteiger partial charge is 0.342 e. The highest BCUT2D eigenvalue weighted by atomic mass is 32.1. The van der Waals surface area contributed by atoms with Gasteiger partial charge in [-0.3, -0.25) is 9.59 Å². The van der Waals surface area contributed by atoms with E-state index < -0.39 is 5.54 Å². The van der Waals surface area contributed by atoms with Crippen LogP contribution in [-0.4, -0.2) is 53.8 Å². The number of carbonyl (C=O) groups is 2. The molecule has 2 amide bonds. The van der Waals surface area contributed by atoms with Crippen LogP contribution in [0.2, 0.25) is 0 Å². The first-order valence-corrected chi connectivity index (χ1v) is 7.61. The molecular weight excluding hydrogens is 286 g/mol. The van der Waals surface area contributed by atoms with Crippen molar-refractivity contribution < 1.29 is 9.59 Å². The second kappa shape index (κ2) is 5.88. The van der Waals surface area contributed by atoms with Crippen molar-refractivity contribution in [1.82, 2.24) is 9.80 Å². The summed E-state index contributed by atoms with van der Waals surface area (Å²) >= 11 is 1.35. The lowest BCUT2D eigenvalue weighted by atomic mass is 9.97. The molecule has 0 saturated carbocycles. The molecule has 0 aliphatic carbocycles. The van der Waals surface area contributed by atoms with Gasteiger partial charge in [-0.15, -0.1) is 11.3 Å². The summed E-state index contributed by atoms with van der Waals surface area (Å²) in [6.45, 7) is 4.88. The lowest BCUT2D eigenvalue weighted by Crippen LogP contribution is -2.63. The molecular formula is C15H19N3O2S. The smallest absolute Gasteiger partial charge is 0.266 e. The molecule has 0 radical (unpaired) electrons. The minimum Gasteiger partial charge on any atom is -0.342 e. The van der Waals surface area contributed by atoms with Crippen LogP contribution in [0.15, 0.2) is 11.4 Å². The van der Waals surface area contributed by atoms with E-state index in [1.807, 2.05) is 11.4 Å². The number of piperazine rings is 1. The van der Waals surface area contributed by atoms with Crippen molar-refractivity contribution in [2.45, 2.75) is 19.4 Å². The Bertz CT molecular complexity index is 624. The molecule has 1 aromatic rings. The van der Waals surface area contributed by atoms with Crippen LogP contribution in [0.5, 0.6) is 0 Å². The maximum Gasteiger partial charge on any atom is 0.266 e. The zero-order chi connectivity index (χ0) is 15.6. The summed E-state index contributed by atoms with van der Waals surface area (Å²) in [5, 5.41) is 1.83. The molecule has 1 fully saturated rings. The lowest BCUT2D eigenvalue weighted by molar-refractivity contribution is -0.144. The van der Waals surface area contributed by atoms with Gasteiger partial charge in [0.1, 0.15) is 10.4 Å². The number of nitrogens with two attached hydrogens (primary N) is 1. The molecule has 1 aliphatic heterocycles. The molecule has 112 valence electrons. The van der Waals surface area contributed by atoms with Gasteiger partial charge in [-0.25, -0.2) is 0 Å². The van der Waals surface area contributed by atoms with Crippen molar-refractivity contribution in [3.63, 3.8) is 0 Å². The molecule has 2 rings (SSSR count). The van der Waals surface area contributed by atoms with Crippen molar-refractivity contribution in [1.29, 1.82) is 0 Å². The third kappa shape index (κ3) is 2.80. The van der Waals surface area contributed by atoms with Crippen LogP contribution in [0.4, 0.5) is 0 Å². The first-order valence-electron chi connectivity index (χ1n) is 6.73. The Morgan fingerprint density at radius 3 is 2.86 bits per heavy atom. The van der Waals surface area contributed by atoms with E-state index in [9.17, 15) is 9.59 Å². The first-order chi connectivity index (χ1) is 9.89. The van der Waals surface area contributed by atoms with Gasteiger partial charge in [0.25, 0.3) is 5.91 Å². The van der Waals surface area contributed by atoms with Crippen molar-refractivity contribution in [2.75, 3.05) is 26.7 Å². The molecule has 0 aromatic carbocycles. The zero-order valence-electron chi connectivity index (χ0n) is 12.5. The van der Waals surface area contributed by atoms with Crippen molar-refractivity contribution in [2.24, 2.45) is 5.73 Å². The predicted molar refractivity (Wildman–Crippen MR) is 83.0 cm³/mol. The molecule has 6 heteroatoms. The summed E-state index contributed by atoms with van der Waals surface area (Å²) in [6, 6.07) is 1.81. The van der Waals surface area contributed by atoms with Crippen LogP contribution in [-0.2, 0) is 4.79 Å². The standard InChI is InChI=1S/C15H19N3O2S/c1-15(2)14(20)17(3)8-9-18(15)13(19)12-11(5-4-7-16)6-10-21-12/h6,10H,7-9,16H2,1-3H3. The number of rotatable bonds is 1. The number of hydrogen-bond donors (Lipinski definition) is 1. The van der Waals surface area contributed by atoms with E-state index in [1.54, 1.807) is 30.7 Å². The quantitative estimate of drug-likeness (QED) is 0.779. The highest BCUT2D eigenvalue weighted by Gasteiger charge is 2.43. The highest BCUT2D eigenvalue weighted by molar-refractivity contribution is 7.12. The molecule has 1 saturated heterocycles. The van der Waals surface area contributed by atoms with Gasteiger partial charge in [0.05, 0.1) is 6.54 Å². The van der Waals surface area contributed by atoms with Gasteiger partial charge >= 0.3 is 0 Å². The van der Waals surface area contributed by atoms with Crippen LogP contribution in [0.25, 0.3) is 0 Å². The van der Waals surface area contributed by atoms with E-state index >= 15 is 0 Å². The molecule has 0 bridgehead atoms. The Hall–Kier alpha value is -1.84. The second-order valence-electron chi connectivity index (χ2n) is 5.41. The van der Waals surface area contributed by atoms with Crippen molar-refractivity contribution in [3.05, 3.63) is 21.9 Å². The maximum absolute atomic E-state index is 12.8. The van der Waals surface area contributed by atoms with Gasteiger partial charge in [-0.1, -0.05) is 11.8 Å². The number of amides is 2. The van der Waals surface area contributed by atoms with Gasteiger partial charge in [-0.05, 0) is 25.3 Å². The van der Waals surface area contributed by atoms with E-state index in [-0.39, 0.29) is 18.4 Å². The van der Waals surface area contributed by atoms with E-state index in [0.29, 0.717) is 23.5 Å². The molecule has 2 N–H and O–H groups in total. The van der Waals surface area contributed by atoms with Crippen LogP contribution < -0.4 is 5.73 Å². The van der Waals surface area contributed by atoms with Gasteiger partial charge in [0.2, 0.25) is 5.91 Å². The lowest BCUT2D eigenvalue weighted by Gasteiger charge is -2.44. The van der Waals surface area contributed by atoms with E-state index in [4.69, 9.17) is 5.73 Å². The number of nitrogens with zero attached hydrogens (tertiary/aromatic N) is 2. The third-order valence-electron chi connectivity index (χ3n) is 3.63. The molecule has 0 atom stereocenters. The fraction of sp³-hybridized carbons (Fsp3) is 0.467. The van der Waals surface area contributed by atoms with Crippen LogP contribution in [0, 0.1) is 11.8 Å². The number of likely N-dealkylation sites (N-methyl/N-ethyl adjacent to an activating group) is 1. The molecule has 0 unspecified atom stereocenters. The molecule has 2 heterocycles. The zero-order valence-corrected chi connectivity index (χ0v) is 13.3. The number of carbonyl (C=O) groups excluding carboxylic acids is 2. The summed E-state index contributed by atoms with van der Waals surface area (Å²) in [5.74, 6) is 5.49. The summed E-state index contributed by atoms with van der Waals surface area (Å²) in [6.07, 6.45) is 0. The normalized spacial score (nSPS) is 17.4. The van der Waals surface area contributed by atoms with Crippen LogP contribution >= 0.6 is 11.3 Å². The number of hydrogen-bond acceptors (Lipinski definition) is 4. The third-order valence-corrected chi connectivity index (χ3v) is 4.54. The first kappa shape index (κ1) is 15.5. The SMILES string of the molecule is CN1CCN(C(=O)c2sccc2C#CCN)C(C)(C)C1=O. The number of thiophene rings is 1. The van der Waals surface area contributed by atoms with Crippen LogP contribution in [0.3, 0.4) is 0 Å². The average Bonchev–Trinajstić information content (AvgIpc) is 2.90. The predicted octanol–water partition coefficient (Wildman–Crippen LogP) is 0.751. The van der Waals surface area contributed by atoms with E-state index in [2.05, 4.69) is 11.8 Å². The van der Waals surface area contributed by atoms with Crippen LogP contribution in [0.1, 0.15) is 29.1 Å². The summed E-state index contributed by atoms with van der Waals surface area (Å²) in [4.78, 5) is 28.9. The molecule has 1 aliphatic rings. The summed E-state index contributed by atoms with van der Waals surface area (Å²) in [7, 11) is 1.76. The van der Waals surface area contributed by atoms with Gasteiger partial charge < -0.3 is 15.5 Å². The minimum absolute atomic E-state index is 0.0479. The maximum atomic E-state index is 12.8. The summed E-state index contributed by atoms with van der Waals surface area (Å²) < 4.78 is 0. The fourth-order valence-electron chi connectivity index (χ4n) is 2.41. The van der Waals surface area contributed by atoms with Crippen molar-refractivity contribution >= 4 is 23.2 Å². The Labute approximate surface area is 128 Å². The second-order valence-corrected chi connectivity index (χ2v) is 6.33. The monoisotopic (exact) mass is 305 g/mol. The minimum atomic E-state index is -0.841. The van der Waals surface area contributed by atoms with Gasteiger partial charge in [0, 0.05) is 25.7 Å². The Morgan fingerprint density at radius 1 is 1.48 bits per heavy atom. The summed E-state index contributed by atoms with van der Waals surface area (Å²) in [5.41, 5.74) is 5.21. The Balaban J connectivity index is 2.32. The Kier molecular flexibility index (Phi) is 4.35. The highest BCUT2D eigenvalue weighted by Crippen LogP contribution is 2.27. The molecule has 5 nitrogen and oxygen atoms in total. The van der Waals surface area contributed by atoms with E-state index in [1.165, 1.54) is 11.3 Å². The van der Waals surface area contributed by atoms with Gasteiger partial charge in [-0.2, -0.15) is 0 Å². The Morgan fingerprint density at radius 2 is 2.19 bits per heavy atom. The van der Waals surface area contributed by atoms with Crippen molar-refractivity contribution in [3.8, 4) is 11.8 Å².